The lowest BCUT2D eigenvalue weighted by Gasteiger charge is -2.10. The minimum absolute atomic E-state index is 0.0255. The molecule has 0 N–H and O–H groups in total. The highest BCUT2D eigenvalue weighted by Crippen LogP contribution is 2.27. The van der Waals surface area contributed by atoms with Crippen LogP contribution in [0, 0.1) is 10.1 Å². The van der Waals surface area contributed by atoms with E-state index in [2.05, 4.69) is 13.8 Å². The molecule has 0 spiro atoms. The van der Waals surface area contributed by atoms with Gasteiger partial charge in [-0.2, -0.15) is 0 Å². The number of carbonyl (C=O) groups excluding carboxylic acids is 2. The number of Topliss-reactive ketones (excluding diaryl/α,β-unsaturated/α-hetero) is 1. The molecule has 0 heterocycles. The molecule has 0 amide bonds. The fourth-order valence-electron chi connectivity index (χ4n) is 2.49. The van der Waals surface area contributed by atoms with E-state index in [1.807, 2.05) is 12.1 Å². The summed E-state index contributed by atoms with van der Waals surface area (Å²) in [5, 5.41) is 11.0. The fourth-order valence-corrected chi connectivity index (χ4v) is 2.49. The molecule has 0 radical (unpaired) electrons. The topological polar surface area (TPSA) is 95.7 Å². The highest BCUT2D eigenvalue weighted by Gasteiger charge is 2.19. The summed E-state index contributed by atoms with van der Waals surface area (Å²) in [5.41, 5.74) is 1.20. The summed E-state index contributed by atoms with van der Waals surface area (Å²) in [4.78, 5) is 34.7. The van der Waals surface area contributed by atoms with Gasteiger partial charge in [-0.15, -0.1) is 0 Å². The number of nitro benzene ring substituents is 1. The lowest BCUT2D eigenvalue weighted by atomic mass is 9.97. The van der Waals surface area contributed by atoms with E-state index in [1.165, 1.54) is 19.2 Å². The average molecular weight is 371 g/mol. The van der Waals surface area contributed by atoms with Gasteiger partial charge in [0.1, 0.15) is 0 Å². The molecular weight excluding hydrogens is 350 g/mol. The Morgan fingerprint density at radius 3 is 2.30 bits per heavy atom. The second kappa shape index (κ2) is 8.93. The highest BCUT2D eigenvalue weighted by atomic mass is 16.6. The molecule has 0 saturated heterocycles. The molecule has 2 aromatic rings. The Hall–Kier alpha value is -3.22. The van der Waals surface area contributed by atoms with Gasteiger partial charge in [-0.25, -0.2) is 4.79 Å². The minimum Gasteiger partial charge on any atom is -0.490 e. The Morgan fingerprint density at radius 2 is 1.74 bits per heavy atom. The first kappa shape index (κ1) is 20.1. The van der Waals surface area contributed by atoms with Crippen LogP contribution in [0.1, 0.15) is 52.5 Å². The Morgan fingerprint density at radius 1 is 1.11 bits per heavy atom. The van der Waals surface area contributed by atoms with Gasteiger partial charge in [-0.1, -0.05) is 38.1 Å². The quantitative estimate of drug-likeness (QED) is 0.299. The number of rotatable bonds is 8. The van der Waals surface area contributed by atoms with Crippen molar-refractivity contribution in [2.24, 2.45) is 0 Å². The SMILES string of the molecule is CC[C@H](C)c1ccc(C(=O)COC(=O)c2ccc(OC)c([N+](=O)[O-])c2)cc1. The van der Waals surface area contributed by atoms with Gasteiger partial charge in [-0.05, 0) is 30.0 Å². The van der Waals surface area contributed by atoms with Crippen molar-refractivity contribution in [2.45, 2.75) is 26.2 Å². The first-order valence-corrected chi connectivity index (χ1v) is 8.50. The van der Waals surface area contributed by atoms with Gasteiger partial charge < -0.3 is 9.47 Å². The van der Waals surface area contributed by atoms with Gasteiger partial charge in [-0.3, -0.25) is 14.9 Å². The number of hydrogen-bond acceptors (Lipinski definition) is 6. The Kier molecular flexibility index (Phi) is 6.65. The highest BCUT2D eigenvalue weighted by molar-refractivity contribution is 5.99. The zero-order valence-electron chi connectivity index (χ0n) is 15.4. The Labute approximate surface area is 157 Å². The molecule has 0 fully saturated rings. The molecule has 0 unspecified atom stereocenters. The average Bonchev–Trinajstić information content (AvgIpc) is 2.70. The molecule has 2 aromatic carbocycles. The number of methoxy groups -OCH3 is 1. The number of hydrogen-bond donors (Lipinski definition) is 0. The van der Waals surface area contributed by atoms with Crippen LogP contribution in [-0.2, 0) is 4.74 Å². The number of nitro groups is 1. The lowest BCUT2D eigenvalue weighted by molar-refractivity contribution is -0.385. The predicted octanol–water partition coefficient (Wildman–Crippen LogP) is 4.16. The molecule has 142 valence electrons. The van der Waals surface area contributed by atoms with Crippen molar-refractivity contribution in [3.63, 3.8) is 0 Å². The lowest BCUT2D eigenvalue weighted by Crippen LogP contribution is -2.14. The van der Waals surface area contributed by atoms with E-state index in [-0.39, 0.29) is 22.8 Å². The summed E-state index contributed by atoms with van der Waals surface area (Å²) in [7, 11) is 1.30. The summed E-state index contributed by atoms with van der Waals surface area (Å²) in [6.07, 6.45) is 0.999. The summed E-state index contributed by atoms with van der Waals surface area (Å²) in [6.45, 7) is 3.75. The zero-order chi connectivity index (χ0) is 20.0. The summed E-state index contributed by atoms with van der Waals surface area (Å²) < 4.78 is 9.88. The maximum absolute atomic E-state index is 12.2. The van der Waals surface area contributed by atoms with Gasteiger partial charge in [0.05, 0.1) is 17.6 Å². The monoisotopic (exact) mass is 371 g/mol. The van der Waals surface area contributed by atoms with Crippen molar-refractivity contribution in [3.8, 4) is 5.75 Å². The van der Waals surface area contributed by atoms with E-state index >= 15 is 0 Å². The van der Waals surface area contributed by atoms with Crippen LogP contribution < -0.4 is 4.74 Å². The fraction of sp³-hybridized carbons (Fsp3) is 0.300. The molecule has 0 aliphatic heterocycles. The molecule has 2 rings (SSSR count). The molecular formula is C20H21NO6. The van der Waals surface area contributed by atoms with E-state index in [0.717, 1.165) is 18.1 Å². The standard InChI is InChI=1S/C20H21NO6/c1-4-13(2)14-5-7-15(8-6-14)18(22)12-27-20(23)16-9-10-19(26-3)17(11-16)21(24)25/h5-11,13H,4,12H2,1-3H3/t13-/m0/s1. The van der Waals surface area contributed by atoms with Crippen LogP contribution >= 0.6 is 0 Å². The molecule has 7 heteroatoms. The van der Waals surface area contributed by atoms with E-state index < -0.39 is 17.5 Å². The molecule has 27 heavy (non-hydrogen) atoms. The molecule has 0 aromatic heterocycles. The third-order valence-corrected chi connectivity index (χ3v) is 4.36. The van der Waals surface area contributed by atoms with Crippen molar-refractivity contribution >= 4 is 17.4 Å². The predicted molar refractivity (Wildman–Crippen MR) is 99.4 cm³/mol. The molecule has 0 bridgehead atoms. The largest absolute Gasteiger partial charge is 0.490 e. The third-order valence-electron chi connectivity index (χ3n) is 4.36. The first-order chi connectivity index (χ1) is 12.9. The smallest absolute Gasteiger partial charge is 0.338 e. The summed E-state index contributed by atoms with van der Waals surface area (Å²) in [6, 6.07) is 10.9. The summed E-state index contributed by atoms with van der Waals surface area (Å²) >= 11 is 0. The number of nitrogens with zero attached hydrogens (tertiary/aromatic N) is 1. The number of ketones is 1. The van der Waals surface area contributed by atoms with Crippen LogP contribution in [-0.4, -0.2) is 30.4 Å². The van der Waals surface area contributed by atoms with Crippen molar-refractivity contribution in [1.82, 2.24) is 0 Å². The van der Waals surface area contributed by atoms with Gasteiger partial charge in [0.2, 0.25) is 0 Å². The van der Waals surface area contributed by atoms with Gasteiger partial charge in [0.25, 0.3) is 0 Å². The molecule has 0 aliphatic carbocycles. The van der Waals surface area contributed by atoms with Gasteiger partial charge in [0, 0.05) is 11.6 Å². The van der Waals surface area contributed by atoms with Crippen molar-refractivity contribution in [3.05, 3.63) is 69.3 Å². The van der Waals surface area contributed by atoms with Crippen LogP contribution in [0.25, 0.3) is 0 Å². The van der Waals surface area contributed by atoms with Crippen LogP contribution in [0.3, 0.4) is 0 Å². The number of ether oxygens (including phenoxy) is 2. The van der Waals surface area contributed by atoms with Gasteiger partial charge in [0.15, 0.2) is 18.1 Å². The van der Waals surface area contributed by atoms with E-state index in [0.29, 0.717) is 11.5 Å². The number of esters is 1. The summed E-state index contributed by atoms with van der Waals surface area (Å²) in [5.74, 6) is -0.723. The molecule has 1 atom stereocenters. The maximum Gasteiger partial charge on any atom is 0.338 e. The van der Waals surface area contributed by atoms with Crippen LogP contribution in [0.2, 0.25) is 0 Å². The normalized spacial score (nSPS) is 11.5. The molecule has 7 nitrogen and oxygen atoms in total. The van der Waals surface area contributed by atoms with Gasteiger partial charge >= 0.3 is 11.7 Å². The van der Waals surface area contributed by atoms with Crippen molar-refractivity contribution in [2.75, 3.05) is 13.7 Å². The zero-order valence-corrected chi connectivity index (χ0v) is 15.4. The van der Waals surface area contributed by atoms with Crippen LogP contribution in [0.15, 0.2) is 42.5 Å². The van der Waals surface area contributed by atoms with E-state index in [9.17, 15) is 19.7 Å². The van der Waals surface area contributed by atoms with Crippen molar-refractivity contribution in [1.29, 1.82) is 0 Å². The Bertz CT molecular complexity index is 844. The maximum atomic E-state index is 12.2. The second-order valence-corrected chi connectivity index (χ2v) is 6.07. The number of carbonyl (C=O) groups is 2. The van der Waals surface area contributed by atoms with Crippen LogP contribution in [0.5, 0.6) is 5.75 Å². The molecule has 0 aliphatic rings. The first-order valence-electron chi connectivity index (χ1n) is 8.50. The Balaban J connectivity index is 2.03. The minimum atomic E-state index is -0.815. The number of benzene rings is 2. The van der Waals surface area contributed by atoms with Crippen LogP contribution in [0.4, 0.5) is 5.69 Å². The van der Waals surface area contributed by atoms with E-state index in [4.69, 9.17) is 9.47 Å². The van der Waals surface area contributed by atoms with E-state index in [1.54, 1.807) is 12.1 Å². The molecule has 0 saturated carbocycles. The third kappa shape index (κ3) is 4.91. The van der Waals surface area contributed by atoms with Crippen molar-refractivity contribution < 1.29 is 24.0 Å². The second-order valence-electron chi connectivity index (χ2n) is 6.07.